The number of anilines is 1. The maximum absolute atomic E-state index is 12.0. The summed E-state index contributed by atoms with van der Waals surface area (Å²) in [6, 6.07) is 5.83. The van der Waals surface area contributed by atoms with Gasteiger partial charge in [0.15, 0.2) is 0 Å². The third kappa shape index (κ3) is 4.69. The summed E-state index contributed by atoms with van der Waals surface area (Å²) in [7, 11) is 0. The molecule has 3 N–H and O–H groups in total. The van der Waals surface area contributed by atoms with E-state index in [0.29, 0.717) is 34.9 Å². The maximum Gasteiger partial charge on any atom is 0.251 e. The van der Waals surface area contributed by atoms with Crippen molar-refractivity contribution < 1.29 is 4.79 Å². The summed E-state index contributed by atoms with van der Waals surface area (Å²) >= 11 is 5.91. The molecule has 0 heterocycles. The summed E-state index contributed by atoms with van der Waals surface area (Å²) in [6.45, 7) is 10.0. The van der Waals surface area contributed by atoms with Crippen LogP contribution >= 0.6 is 11.6 Å². The highest BCUT2D eigenvalue weighted by Gasteiger charge is 2.13. The number of rotatable bonds is 6. The second-order valence-electron chi connectivity index (χ2n) is 5.42. The van der Waals surface area contributed by atoms with E-state index in [-0.39, 0.29) is 5.91 Å². The molecule has 4 nitrogen and oxygen atoms in total. The average Bonchev–Trinajstić information content (AvgIpc) is 2.36. The number of nitrogens with one attached hydrogen (secondary N) is 1. The van der Waals surface area contributed by atoms with Crippen molar-refractivity contribution in [3.63, 3.8) is 0 Å². The van der Waals surface area contributed by atoms with Crippen molar-refractivity contribution in [1.82, 2.24) is 10.2 Å². The molecule has 0 aliphatic heterocycles. The van der Waals surface area contributed by atoms with Crippen molar-refractivity contribution in [2.45, 2.75) is 39.8 Å². The fourth-order valence-electron chi connectivity index (χ4n) is 2.18. The van der Waals surface area contributed by atoms with Crippen LogP contribution in [0.4, 0.5) is 5.69 Å². The van der Waals surface area contributed by atoms with Gasteiger partial charge in [-0.1, -0.05) is 11.6 Å². The van der Waals surface area contributed by atoms with Crippen molar-refractivity contribution in [3.8, 4) is 0 Å². The fourth-order valence-corrected chi connectivity index (χ4v) is 2.36. The van der Waals surface area contributed by atoms with E-state index < -0.39 is 0 Å². The predicted molar refractivity (Wildman–Crippen MR) is 85.2 cm³/mol. The van der Waals surface area contributed by atoms with Gasteiger partial charge in [0.1, 0.15) is 0 Å². The smallest absolute Gasteiger partial charge is 0.251 e. The molecule has 1 aromatic rings. The van der Waals surface area contributed by atoms with Crippen LogP contribution < -0.4 is 11.1 Å². The number of amides is 1. The predicted octanol–water partition coefficient (Wildman–Crippen LogP) is 2.77. The lowest BCUT2D eigenvalue weighted by Crippen LogP contribution is -2.42. The molecule has 0 aromatic heterocycles. The van der Waals surface area contributed by atoms with Gasteiger partial charge in [0.05, 0.1) is 10.7 Å². The van der Waals surface area contributed by atoms with Crippen molar-refractivity contribution in [1.29, 1.82) is 0 Å². The number of nitrogens with two attached hydrogens (primary N) is 1. The van der Waals surface area contributed by atoms with E-state index in [0.717, 1.165) is 6.54 Å². The molecule has 1 amide bonds. The highest BCUT2D eigenvalue weighted by Crippen LogP contribution is 2.19. The molecule has 1 aromatic carbocycles. The van der Waals surface area contributed by atoms with Gasteiger partial charge in [-0.15, -0.1) is 0 Å². The van der Waals surface area contributed by atoms with Gasteiger partial charge in [-0.25, -0.2) is 0 Å². The molecule has 0 radical (unpaired) electrons. The highest BCUT2D eigenvalue weighted by atomic mass is 35.5. The summed E-state index contributed by atoms with van der Waals surface area (Å²) in [6.07, 6.45) is 0. The number of benzene rings is 1. The summed E-state index contributed by atoms with van der Waals surface area (Å²) in [5, 5.41) is 3.31. The lowest BCUT2D eigenvalue weighted by Gasteiger charge is -2.30. The van der Waals surface area contributed by atoms with Crippen LogP contribution in [0.5, 0.6) is 0 Å². The Labute approximate surface area is 126 Å². The maximum atomic E-state index is 12.0. The zero-order valence-electron chi connectivity index (χ0n) is 12.6. The molecule has 5 heteroatoms. The molecular formula is C15H24ClN3O. The monoisotopic (exact) mass is 297 g/mol. The van der Waals surface area contributed by atoms with Crippen LogP contribution in [0.1, 0.15) is 38.1 Å². The van der Waals surface area contributed by atoms with E-state index >= 15 is 0 Å². The van der Waals surface area contributed by atoms with Gasteiger partial charge >= 0.3 is 0 Å². The molecule has 0 spiro atoms. The van der Waals surface area contributed by atoms with Crippen LogP contribution in [-0.2, 0) is 0 Å². The standard InChI is InChI=1S/C15H24ClN3O/c1-10(2)19(11(3)4)8-7-18-15(20)12-5-6-14(17)13(16)9-12/h5-6,9-11H,7-8,17H2,1-4H3,(H,18,20). The number of carbonyl (C=O) groups excluding carboxylic acids is 1. The Morgan fingerprint density at radius 3 is 2.40 bits per heavy atom. The van der Waals surface area contributed by atoms with Gasteiger partial charge in [0.2, 0.25) is 0 Å². The first-order valence-electron chi connectivity index (χ1n) is 6.92. The van der Waals surface area contributed by atoms with Gasteiger partial charge in [-0.3, -0.25) is 9.69 Å². The largest absolute Gasteiger partial charge is 0.398 e. The lowest BCUT2D eigenvalue weighted by molar-refractivity contribution is 0.0939. The molecule has 0 aliphatic rings. The van der Waals surface area contributed by atoms with Gasteiger partial charge in [0, 0.05) is 30.7 Å². The first-order valence-corrected chi connectivity index (χ1v) is 7.29. The van der Waals surface area contributed by atoms with Crippen LogP contribution in [0.25, 0.3) is 0 Å². The van der Waals surface area contributed by atoms with Gasteiger partial charge < -0.3 is 11.1 Å². The van der Waals surface area contributed by atoms with E-state index in [1.54, 1.807) is 18.2 Å². The molecule has 0 saturated carbocycles. The molecule has 0 unspecified atom stereocenters. The molecule has 0 fully saturated rings. The number of hydrogen-bond donors (Lipinski definition) is 2. The molecule has 20 heavy (non-hydrogen) atoms. The molecule has 0 atom stereocenters. The van der Waals surface area contributed by atoms with E-state index in [1.807, 2.05) is 0 Å². The van der Waals surface area contributed by atoms with Crippen LogP contribution in [0.2, 0.25) is 5.02 Å². The normalized spacial score (nSPS) is 11.4. The summed E-state index contributed by atoms with van der Waals surface area (Å²) < 4.78 is 0. The molecule has 0 bridgehead atoms. The number of hydrogen-bond acceptors (Lipinski definition) is 3. The quantitative estimate of drug-likeness (QED) is 0.794. The third-order valence-electron chi connectivity index (χ3n) is 3.24. The number of nitrogens with zero attached hydrogens (tertiary/aromatic N) is 1. The Morgan fingerprint density at radius 1 is 1.30 bits per heavy atom. The highest BCUT2D eigenvalue weighted by molar-refractivity contribution is 6.33. The Hall–Kier alpha value is -1.26. The van der Waals surface area contributed by atoms with Crippen molar-refractivity contribution in [3.05, 3.63) is 28.8 Å². The molecule has 112 valence electrons. The first-order chi connectivity index (χ1) is 9.32. The Kier molecular flexibility index (Phi) is 6.30. The number of carbonyl (C=O) groups is 1. The lowest BCUT2D eigenvalue weighted by atomic mass is 10.2. The Balaban J connectivity index is 2.53. The van der Waals surface area contributed by atoms with Crippen molar-refractivity contribution in [2.24, 2.45) is 0 Å². The van der Waals surface area contributed by atoms with E-state index in [1.165, 1.54) is 0 Å². The Morgan fingerprint density at radius 2 is 1.90 bits per heavy atom. The SMILES string of the molecule is CC(C)N(CCNC(=O)c1ccc(N)c(Cl)c1)C(C)C. The zero-order valence-corrected chi connectivity index (χ0v) is 13.4. The van der Waals surface area contributed by atoms with Crippen LogP contribution in [0.15, 0.2) is 18.2 Å². The zero-order chi connectivity index (χ0) is 15.3. The number of halogens is 1. The van der Waals surface area contributed by atoms with Crippen LogP contribution in [-0.4, -0.2) is 36.0 Å². The van der Waals surface area contributed by atoms with Crippen LogP contribution in [0, 0.1) is 0 Å². The third-order valence-corrected chi connectivity index (χ3v) is 3.57. The summed E-state index contributed by atoms with van der Waals surface area (Å²) in [4.78, 5) is 14.3. The van der Waals surface area contributed by atoms with E-state index in [4.69, 9.17) is 17.3 Å². The average molecular weight is 298 g/mol. The van der Waals surface area contributed by atoms with Gasteiger partial charge in [-0.05, 0) is 45.9 Å². The Bertz CT molecular complexity index is 452. The minimum Gasteiger partial charge on any atom is -0.398 e. The van der Waals surface area contributed by atoms with Gasteiger partial charge in [-0.2, -0.15) is 0 Å². The second kappa shape index (κ2) is 7.50. The first kappa shape index (κ1) is 16.8. The second-order valence-corrected chi connectivity index (χ2v) is 5.82. The minimum absolute atomic E-state index is 0.126. The molecule has 1 rings (SSSR count). The fraction of sp³-hybridized carbons (Fsp3) is 0.533. The van der Waals surface area contributed by atoms with Crippen molar-refractivity contribution >= 4 is 23.2 Å². The van der Waals surface area contributed by atoms with Gasteiger partial charge in [0.25, 0.3) is 5.91 Å². The summed E-state index contributed by atoms with van der Waals surface area (Å²) in [5.74, 6) is -0.126. The molecular weight excluding hydrogens is 274 g/mol. The summed E-state index contributed by atoms with van der Waals surface area (Å²) in [5.41, 5.74) is 6.64. The molecule has 0 saturated heterocycles. The minimum atomic E-state index is -0.126. The number of nitrogen functional groups attached to an aromatic ring is 1. The molecule has 0 aliphatic carbocycles. The van der Waals surface area contributed by atoms with Crippen LogP contribution in [0.3, 0.4) is 0 Å². The van der Waals surface area contributed by atoms with E-state index in [9.17, 15) is 4.79 Å². The van der Waals surface area contributed by atoms with Crippen molar-refractivity contribution in [2.75, 3.05) is 18.8 Å². The topological polar surface area (TPSA) is 58.4 Å². The van der Waals surface area contributed by atoms with E-state index in [2.05, 4.69) is 37.9 Å².